The number of benzene rings is 1. The summed E-state index contributed by atoms with van der Waals surface area (Å²) in [6.07, 6.45) is 4.07. The number of fused-ring (bicyclic) bond motifs is 1. The highest BCUT2D eigenvalue weighted by molar-refractivity contribution is 7.87. The quantitative estimate of drug-likeness (QED) is 0.438. The molecule has 0 bridgehead atoms. The standard InChI is InChI=1S/C20H22N4O6S/c1-23(2)31(28,29)24-13-14(15-6-3-4-7-17(15)24)12-16(19(26)21-9-10-25)22-20(27)18-8-5-11-30-18/h3-8,11-13,25H,9-10H2,1-2H3,(H,21,26)(H,22,27)/b16-12-. The highest BCUT2D eigenvalue weighted by atomic mass is 32.2. The molecule has 31 heavy (non-hydrogen) atoms. The van der Waals surface area contributed by atoms with Crippen molar-refractivity contribution in [2.45, 2.75) is 0 Å². The minimum Gasteiger partial charge on any atom is -0.459 e. The van der Waals surface area contributed by atoms with E-state index in [2.05, 4.69) is 10.6 Å². The van der Waals surface area contributed by atoms with Gasteiger partial charge in [0.15, 0.2) is 5.76 Å². The molecule has 2 aromatic heterocycles. The number of nitrogens with zero attached hydrogens (tertiary/aromatic N) is 2. The fourth-order valence-electron chi connectivity index (χ4n) is 2.83. The van der Waals surface area contributed by atoms with E-state index in [1.54, 1.807) is 24.3 Å². The summed E-state index contributed by atoms with van der Waals surface area (Å²) in [5.74, 6) is -1.31. The fraction of sp³-hybridized carbons (Fsp3) is 0.200. The lowest BCUT2D eigenvalue weighted by Crippen LogP contribution is -2.36. The highest BCUT2D eigenvalue weighted by Gasteiger charge is 2.22. The van der Waals surface area contributed by atoms with Crippen LogP contribution in [0, 0.1) is 0 Å². The molecular weight excluding hydrogens is 424 g/mol. The molecule has 0 atom stereocenters. The zero-order chi connectivity index (χ0) is 22.6. The van der Waals surface area contributed by atoms with Crippen LogP contribution in [0.5, 0.6) is 0 Å². The van der Waals surface area contributed by atoms with E-state index in [1.807, 2.05) is 0 Å². The number of aromatic nitrogens is 1. The second-order valence-electron chi connectivity index (χ2n) is 6.66. The fourth-order valence-corrected chi connectivity index (χ4v) is 3.83. The van der Waals surface area contributed by atoms with Crippen LogP contribution in [-0.4, -0.2) is 60.9 Å². The first kappa shape index (κ1) is 22.3. The van der Waals surface area contributed by atoms with Crippen molar-refractivity contribution < 1.29 is 27.5 Å². The molecule has 164 valence electrons. The molecule has 1 aromatic carbocycles. The third kappa shape index (κ3) is 4.68. The minimum absolute atomic E-state index is 0.00141. The first-order chi connectivity index (χ1) is 14.8. The summed E-state index contributed by atoms with van der Waals surface area (Å²) >= 11 is 0. The number of carbonyl (C=O) groups is 2. The van der Waals surface area contributed by atoms with Crippen molar-refractivity contribution in [3.05, 3.63) is 65.9 Å². The van der Waals surface area contributed by atoms with Gasteiger partial charge in [-0.15, -0.1) is 0 Å². The van der Waals surface area contributed by atoms with E-state index in [-0.39, 0.29) is 24.6 Å². The van der Waals surface area contributed by atoms with E-state index in [4.69, 9.17) is 9.52 Å². The number of carbonyl (C=O) groups excluding carboxylic acids is 2. The van der Waals surface area contributed by atoms with Crippen LogP contribution in [0.25, 0.3) is 17.0 Å². The Labute approximate surface area is 178 Å². The Hall–Kier alpha value is -3.41. The normalized spacial score (nSPS) is 12.3. The van der Waals surface area contributed by atoms with Crippen molar-refractivity contribution in [3.63, 3.8) is 0 Å². The Morgan fingerprint density at radius 2 is 1.94 bits per heavy atom. The van der Waals surface area contributed by atoms with Gasteiger partial charge < -0.3 is 20.2 Å². The number of hydrogen-bond donors (Lipinski definition) is 3. The summed E-state index contributed by atoms with van der Waals surface area (Å²) in [4.78, 5) is 25.0. The Balaban J connectivity index is 2.11. The van der Waals surface area contributed by atoms with Crippen molar-refractivity contribution in [1.29, 1.82) is 0 Å². The second-order valence-corrected chi connectivity index (χ2v) is 8.68. The maximum absolute atomic E-state index is 12.7. The molecule has 3 rings (SSSR count). The largest absolute Gasteiger partial charge is 0.459 e. The summed E-state index contributed by atoms with van der Waals surface area (Å²) in [5.41, 5.74) is 0.671. The minimum atomic E-state index is -3.83. The van der Waals surface area contributed by atoms with Crippen LogP contribution in [0.3, 0.4) is 0 Å². The zero-order valence-corrected chi connectivity index (χ0v) is 17.7. The summed E-state index contributed by atoms with van der Waals surface area (Å²) < 4.78 is 32.7. The highest BCUT2D eigenvalue weighted by Crippen LogP contribution is 2.25. The van der Waals surface area contributed by atoms with Crippen LogP contribution in [0.2, 0.25) is 0 Å². The van der Waals surface area contributed by atoms with Gasteiger partial charge in [-0.2, -0.15) is 12.7 Å². The Kier molecular flexibility index (Phi) is 6.59. The second kappa shape index (κ2) is 9.16. The average Bonchev–Trinajstić information content (AvgIpc) is 3.40. The smallest absolute Gasteiger partial charge is 0.307 e. The number of amides is 2. The van der Waals surface area contributed by atoms with Crippen molar-refractivity contribution in [3.8, 4) is 0 Å². The first-order valence-corrected chi connectivity index (χ1v) is 10.6. The molecule has 0 saturated heterocycles. The molecule has 11 heteroatoms. The molecule has 0 aliphatic rings. The van der Waals surface area contributed by atoms with Gasteiger partial charge in [0.25, 0.3) is 11.8 Å². The van der Waals surface area contributed by atoms with Crippen molar-refractivity contribution in [2.75, 3.05) is 27.2 Å². The van der Waals surface area contributed by atoms with Gasteiger partial charge in [0, 0.05) is 37.8 Å². The topological polar surface area (TPSA) is 134 Å². The Bertz CT molecular complexity index is 1230. The van der Waals surface area contributed by atoms with Crippen molar-refractivity contribution in [1.82, 2.24) is 18.9 Å². The molecule has 0 saturated carbocycles. The molecule has 2 amide bonds. The van der Waals surface area contributed by atoms with Gasteiger partial charge in [-0.1, -0.05) is 18.2 Å². The maximum atomic E-state index is 12.7. The first-order valence-electron chi connectivity index (χ1n) is 9.24. The molecule has 3 aromatic rings. The Morgan fingerprint density at radius 1 is 1.19 bits per heavy atom. The SMILES string of the molecule is CN(C)S(=O)(=O)n1cc(/C=C(\NC(=O)c2ccco2)C(=O)NCCO)c2ccccc21. The van der Waals surface area contributed by atoms with Gasteiger partial charge in [-0.05, 0) is 24.3 Å². The summed E-state index contributed by atoms with van der Waals surface area (Å²) in [5, 5.41) is 14.5. The van der Waals surface area contributed by atoms with E-state index >= 15 is 0 Å². The lowest BCUT2D eigenvalue weighted by molar-refractivity contribution is -0.117. The molecule has 10 nitrogen and oxygen atoms in total. The molecule has 0 aliphatic heterocycles. The summed E-state index contributed by atoms with van der Waals surface area (Å²) in [6, 6.07) is 9.75. The molecule has 0 unspecified atom stereocenters. The van der Waals surface area contributed by atoms with Crippen LogP contribution in [-0.2, 0) is 15.0 Å². The lowest BCUT2D eigenvalue weighted by atomic mass is 10.1. The Morgan fingerprint density at radius 3 is 2.58 bits per heavy atom. The van der Waals surface area contributed by atoms with Crippen LogP contribution in [0.15, 0.2) is 59.0 Å². The lowest BCUT2D eigenvalue weighted by Gasteiger charge is -2.13. The van der Waals surface area contributed by atoms with E-state index in [0.717, 1.165) is 8.28 Å². The van der Waals surface area contributed by atoms with Crippen LogP contribution in [0.4, 0.5) is 0 Å². The van der Waals surface area contributed by atoms with Gasteiger partial charge in [-0.25, -0.2) is 3.97 Å². The van der Waals surface area contributed by atoms with Gasteiger partial charge in [0.2, 0.25) is 0 Å². The van der Waals surface area contributed by atoms with Gasteiger partial charge in [0.1, 0.15) is 5.70 Å². The zero-order valence-electron chi connectivity index (χ0n) is 16.9. The van der Waals surface area contributed by atoms with Crippen LogP contribution >= 0.6 is 0 Å². The van der Waals surface area contributed by atoms with E-state index < -0.39 is 22.0 Å². The number of aliphatic hydroxyl groups is 1. The number of aliphatic hydroxyl groups excluding tert-OH is 1. The average molecular weight is 446 g/mol. The van der Waals surface area contributed by atoms with Gasteiger partial charge in [-0.3, -0.25) is 9.59 Å². The van der Waals surface area contributed by atoms with Gasteiger partial charge in [0.05, 0.1) is 18.4 Å². The molecule has 3 N–H and O–H groups in total. The molecule has 0 spiro atoms. The van der Waals surface area contributed by atoms with Crippen LogP contribution < -0.4 is 10.6 Å². The molecule has 0 fully saturated rings. The number of furan rings is 1. The van der Waals surface area contributed by atoms with Crippen molar-refractivity contribution in [2.24, 2.45) is 0 Å². The van der Waals surface area contributed by atoms with Gasteiger partial charge >= 0.3 is 10.2 Å². The predicted molar refractivity (Wildman–Crippen MR) is 114 cm³/mol. The molecule has 0 aliphatic carbocycles. The number of hydrogen-bond acceptors (Lipinski definition) is 6. The van der Waals surface area contributed by atoms with E-state index in [0.29, 0.717) is 16.5 Å². The molecular formula is C20H22N4O6S. The molecule has 2 heterocycles. The maximum Gasteiger partial charge on any atom is 0.307 e. The van der Waals surface area contributed by atoms with Crippen LogP contribution in [0.1, 0.15) is 16.1 Å². The summed E-state index contributed by atoms with van der Waals surface area (Å²) in [7, 11) is -0.999. The van der Waals surface area contributed by atoms with Crippen molar-refractivity contribution >= 4 is 39.0 Å². The number of para-hydroxylation sites is 1. The number of nitrogens with one attached hydrogen (secondary N) is 2. The third-order valence-corrected chi connectivity index (χ3v) is 6.08. The summed E-state index contributed by atoms with van der Waals surface area (Å²) in [6.45, 7) is -0.310. The monoisotopic (exact) mass is 446 g/mol. The van der Waals surface area contributed by atoms with E-state index in [9.17, 15) is 18.0 Å². The molecule has 0 radical (unpaired) electrons. The van der Waals surface area contributed by atoms with E-state index in [1.165, 1.54) is 44.8 Å². The number of rotatable bonds is 8. The third-order valence-electron chi connectivity index (χ3n) is 4.35. The predicted octanol–water partition coefficient (Wildman–Crippen LogP) is 0.768.